The van der Waals surface area contributed by atoms with Crippen LogP contribution >= 0.6 is 0 Å². The highest BCUT2D eigenvalue weighted by Crippen LogP contribution is 2.32. The van der Waals surface area contributed by atoms with Crippen molar-refractivity contribution in [3.05, 3.63) is 29.8 Å². The van der Waals surface area contributed by atoms with Crippen molar-refractivity contribution in [1.29, 1.82) is 0 Å². The van der Waals surface area contributed by atoms with Crippen molar-refractivity contribution in [3.8, 4) is 0 Å². The lowest BCUT2D eigenvalue weighted by Gasteiger charge is -2.38. The van der Waals surface area contributed by atoms with E-state index in [9.17, 15) is 0 Å². The summed E-state index contributed by atoms with van der Waals surface area (Å²) in [5, 5.41) is 3.54. The van der Waals surface area contributed by atoms with Gasteiger partial charge in [0.2, 0.25) is 0 Å². The van der Waals surface area contributed by atoms with Crippen LogP contribution in [0.3, 0.4) is 0 Å². The molecule has 2 heteroatoms. The molecule has 1 atom stereocenters. The molecule has 0 radical (unpaired) electrons. The minimum Gasteiger partial charge on any atom is -0.371 e. The van der Waals surface area contributed by atoms with E-state index < -0.39 is 0 Å². The second-order valence-corrected chi connectivity index (χ2v) is 6.76. The summed E-state index contributed by atoms with van der Waals surface area (Å²) in [5.74, 6) is 0. The van der Waals surface area contributed by atoms with Crippen LogP contribution in [-0.4, -0.2) is 19.6 Å². The Morgan fingerprint density at radius 1 is 1.10 bits per heavy atom. The molecule has 1 heterocycles. The van der Waals surface area contributed by atoms with E-state index in [1.807, 2.05) is 0 Å². The minimum absolute atomic E-state index is 0.495. The molecular weight excluding hydrogens is 244 g/mol. The highest BCUT2D eigenvalue weighted by molar-refractivity contribution is 5.48. The molecule has 0 saturated carbocycles. The molecule has 0 aliphatic carbocycles. The molecule has 1 unspecified atom stereocenters. The Hall–Kier alpha value is -1.02. The Labute approximate surface area is 124 Å². The third-order valence-electron chi connectivity index (χ3n) is 4.64. The Kier molecular flexibility index (Phi) is 5.09. The van der Waals surface area contributed by atoms with Crippen LogP contribution in [0, 0.1) is 5.41 Å². The fraction of sp³-hybridized carbons (Fsp3) is 0.667. The van der Waals surface area contributed by atoms with Gasteiger partial charge in [-0.25, -0.2) is 0 Å². The number of hydrogen-bond acceptors (Lipinski definition) is 2. The zero-order valence-corrected chi connectivity index (χ0v) is 13.6. The van der Waals surface area contributed by atoms with E-state index in [1.165, 1.54) is 37.2 Å². The van der Waals surface area contributed by atoms with Crippen LogP contribution in [0.25, 0.3) is 0 Å². The first-order valence-electron chi connectivity index (χ1n) is 8.14. The van der Waals surface area contributed by atoms with Gasteiger partial charge in [0.05, 0.1) is 0 Å². The first-order chi connectivity index (χ1) is 9.55. The second-order valence-electron chi connectivity index (χ2n) is 6.76. The molecule has 1 aliphatic heterocycles. The van der Waals surface area contributed by atoms with E-state index in [1.54, 1.807) is 0 Å². The Bertz CT molecular complexity index is 398. The summed E-state index contributed by atoms with van der Waals surface area (Å²) < 4.78 is 0. The maximum atomic E-state index is 3.54. The third-order valence-corrected chi connectivity index (χ3v) is 4.64. The van der Waals surface area contributed by atoms with Gasteiger partial charge in [-0.2, -0.15) is 0 Å². The lowest BCUT2D eigenvalue weighted by Crippen LogP contribution is -2.37. The van der Waals surface area contributed by atoms with Crippen LogP contribution in [0.1, 0.15) is 58.6 Å². The van der Waals surface area contributed by atoms with Crippen molar-refractivity contribution < 1.29 is 0 Å². The summed E-state index contributed by atoms with van der Waals surface area (Å²) in [5.41, 5.74) is 3.32. The molecule has 1 aromatic rings. The molecule has 20 heavy (non-hydrogen) atoms. The summed E-state index contributed by atoms with van der Waals surface area (Å²) in [6.45, 7) is 12.6. The molecule has 1 aliphatic rings. The van der Waals surface area contributed by atoms with Gasteiger partial charge in [0.1, 0.15) is 0 Å². The number of hydrogen-bond donors (Lipinski definition) is 1. The summed E-state index contributed by atoms with van der Waals surface area (Å²) >= 11 is 0. The predicted octanol–water partition coefficient (Wildman–Crippen LogP) is 4.37. The van der Waals surface area contributed by atoms with Crippen molar-refractivity contribution in [2.45, 2.75) is 53.0 Å². The maximum absolute atomic E-state index is 3.54. The Morgan fingerprint density at radius 3 is 2.20 bits per heavy atom. The van der Waals surface area contributed by atoms with Crippen LogP contribution in [-0.2, 0) is 0 Å². The molecule has 0 spiro atoms. The van der Waals surface area contributed by atoms with Crippen molar-refractivity contribution in [1.82, 2.24) is 5.32 Å². The topological polar surface area (TPSA) is 15.3 Å². The average Bonchev–Trinajstić information content (AvgIpc) is 2.45. The molecule has 0 aromatic heterocycles. The van der Waals surface area contributed by atoms with Gasteiger partial charge in [0.25, 0.3) is 0 Å². The molecule has 112 valence electrons. The monoisotopic (exact) mass is 274 g/mol. The van der Waals surface area contributed by atoms with Crippen molar-refractivity contribution >= 4 is 5.69 Å². The molecule has 1 saturated heterocycles. The Balaban J connectivity index is 2.01. The van der Waals surface area contributed by atoms with Crippen molar-refractivity contribution in [2.24, 2.45) is 5.41 Å². The molecule has 2 nitrogen and oxygen atoms in total. The fourth-order valence-electron chi connectivity index (χ4n) is 3.03. The normalized spacial score (nSPS) is 19.9. The van der Waals surface area contributed by atoms with Gasteiger partial charge >= 0.3 is 0 Å². The van der Waals surface area contributed by atoms with Crippen LogP contribution in [0.4, 0.5) is 5.69 Å². The smallest absolute Gasteiger partial charge is 0.0366 e. The number of piperidine rings is 1. The zero-order chi connectivity index (χ0) is 14.6. The molecule has 0 bridgehead atoms. The molecule has 0 amide bonds. The highest BCUT2D eigenvalue weighted by atomic mass is 15.1. The van der Waals surface area contributed by atoms with Crippen LogP contribution in [0.15, 0.2) is 24.3 Å². The minimum atomic E-state index is 0.495. The van der Waals surface area contributed by atoms with Crippen molar-refractivity contribution in [3.63, 3.8) is 0 Å². The average molecular weight is 274 g/mol. The molecule has 1 N–H and O–H groups in total. The first-order valence-corrected chi connectivity index (χ1v) is 8.14. The van der Waals surface area contributed by atoms with Crippen LogP contribution in [0.5, 0.6) is 0 Å². The summed E-state index contributed by atoms with van der Waals surface area (Å²) in [7, 11) is 0. The quantitative estimate of drug-likeness (QED) is 0.857. The lowest BCUT2D eigenvalue weighted by molar-refractivity contribution is 0.280. The third kappa shape index (κ3) is 3.76. The molecule has 2 rings (SSSR count). The van der Waals surface area contributed by atoms with Gasteiger partial charge in [-0.3, -0.25) is 0 Å². The zero-order valence-electron chi connectivity index (χ0n) is 13.6. The summed E-state index contributed by atoms with van der Waals surface area (Å²) in [6.07, 6.45) is 3.73. The van der Waals surface area contributed by atoms with E-state index in [4.69, 9.17) is 0 Å². The van der Waals surface area contributed by atoms with E-state index in [2.05, 4.69) is 62.2 Å². The molecule has 1 fully saturated rings. The number of nitrogens with one attached hydrogen (secondary N) is 1. The van der Waals surface area contributed by atoms with Crippen LogP contribution in [0.2, 0.25) is 0 Å². The predicted molar refractivity (Wildman–Crippen MR) is 88.4 cm³/mol. The van der Waals surface area contributed by atoms with Gasteiger partial charge in [-0.1, -0.05) is 39.8 Å². The van der Waals surface area contributed by atoms with E-state index in [-0.39, 0.29) is 0 Å². The number of nitrogens with zero attached hydrogens (tertiary/aromatic N) is 1. The largest absolute Gasteiger partial charge is 0.371 e. The van der Waals surface area contributed by atoms with Gasteiger partial charge in [0, 0.05) is 24.8 Å². The second kappa shape index (κ2) is 6.62. The first kappa shape index (κ1) is 15.4. The fourth-order valence-corrected chi connectivity index (χ4v) is 3.03. The van der Waals surface area contributed by atoms with E-state index in [0.717, 1.165) is 13.0 Å². The SMILES string of the molecule is CCNC(CC)c1ccc(N2CCC(C)(C)CC2)cc1. The number of benzene rings is 1. The van der Waals surface area contributed by atoms with Crippen molar-refractivity contribution in [2.75, 3.05) is 24.5 Å². The Morgan fingerprint density at radius 2 is 1.70 bits per heavy atom. The summed E-state index contributed by atoms with van der Waals surface area (Å²) in [6, 6.07) is 9.69. The molecule has 1 aromatic carbocycles. The lowest BCUT2D eigenvalue weighted by atomic mass is 9.82. The van der Waals surface area contributed by atoms with Crippen LogP contribution < -0.4 is 10.2 Å². The number of rotatable bonds is 5. The standard InChI is InChI=1S/C18H30N2/c1-5-17(19-6-2)15-7-9-16(10-8-15)20-13-11-18(3,4)12-14-20/h7-10,17,19H,5-6,11-14H2,1-4H3. The summed E-state index contributed by atoms with van der Waals surface area (Å²) in [4.78, 5) is 2.53. The highest BCUT2D eigenvalue weighted by Gasteiger charge is 2.25. The van der Waals surface area contributed by atoms with Gasteiger partial charge in [0.15, 0.2) is 0 Å². The van der Waals surface area contributed by atoms with Gasteiger partial charge < -0.3 is 10.2 Å². The van der Waals surface area contributed by atoms with E-state index in [0.29, 0.717) is 11.5 Å². The van der Waals surface area contributed by atoms with E-state index >= 15 is 0 Å². The maximum Gasteiger partial charge on any atom is 0.0366 e. The number of anilines is 1. The molecular formula is C18H30N2. The van der Waals surface area contributed by atoms with Gasteiger partial charge in [-0.15, -0.1) is 0 Å². The van der Waals surface area contributed by atoms with Gasteiger partial charge in [-0.05, 0) is 48.9 Å².